The number of methoxy groups -OCH3 is 2. The molecule has 1 saturated heterocycles. The highest BCUT2D eigenvalue weighted by atomic mass is 79.9. The molecule has 24 heavy (non-hydrogen) atoms. The third-order valence-corrected chi connectivity index (χ3v) is 5.54. The number of hydrogen-bond donors (Lipinski definition) is 0. The van der Waals surface area contributed by atoms with Gasteiger partial charge in [0.15, 0.2) is 0 Å². The van der Waals surface area contributed by atoms with Crippen LogP contribution in [0.15, 0.2) is 41.0 Å². The fraction of sp³-hybridized carbons (Fsp3) is 0.294. The summed E-state index contributed by atoms with van der Waals surface area (Å²) in [4.78, 5) is 18.9. The molecule has 0 bridgehead atoms. The highest BCUT2D eigenvalue weighted by molar-refractivity contribution is 9.10. The Bertz CT molecular complexity index is 756. The van der Waals surface area contributed by atoms with E-state index in [1.807, 2.05) is 23.1 Å². The molecule has 2 aromatic rings. The topological polar surface area (TPSA) is 51.7 Å². The lowest BCUT2D eigenvalue weighted by Crippen LogP contribution is -2.30. The van der Waals surface area contributed by atoms with E-state index in [2.05, 4.69) is 20.9 Å². The van der Waals surface area contributed by atoms with Crippen LogP contribution in [0.25, 0.3) is 0 Å². The van der Waals surface area contributed by atoms with Crippen LogP contribution >= 0.6 is 27.7 Å². The van der Waals surface area contributed by atoms with Crippen molar-refractivity contribution in [3.63, 3.8) is 0 Å². The zero-order valence-electron chi connectivity index (χ0n) is 13.4. The van der Waals surface area contributed by atoms with E-state index in [0.29, 0.717) is 18.0 Å². The Hall–Kier alpha value is -1.73. The molecular weight excluding hydrogens is 392 g/mol. The van der Waals surface area contributed by atoms with Gasteiger partial charge in [0.05, 0.1) is 14.2 Å². The summed E-state index contributed by atoms with van der Waals surface area (Å²) in [5.74, 6) is 2.06. The molecule has 1 unspecified atom stereocenters. The maximum atomic E-state index is 13.0. The average Bonchev–Trinajstić information content (AvgIpc) is 3.10. The van der Waals surface area contributed by atoms with Gasteiger partial charge in [-0.1, -0.05) is 15.9 Å². The lowest BCUT2D eigenvalue weighted by Gasteiger charge is -2.25. The van der Waals surface area contributed by atoms with Crippen LogP contribution in [0.3, 0.4) is 0 Å². The number of amides is 1. The summed E-state index contributed by atoms with van der Waals surface area (Å²) in [5, 5.41) is -0.0795. The molecule has 0 radical (unpaired) electrons. The molecule has 1 aliphatic rings. The van der Waals surface area contributed by atoms with Crippen LogP contribution in [0.1, 0.15) is 21.3 Å². The number of ether oxygens (including phenoxy) is 2. The number of carbonyl (C=O) groups excluding carboxylic acids is 1. The predicted octanol–water partition coefficient (Wildman–Crippen LogP) is 3.75. The molecule has 0 aliphatic carbocycles. The summed E-state index contributed by atoms with van der Waals surface area (Å²) in [6.45, 7) is 0.689. The Morgan fingerprint density at radius 1 is 1.29 bits per heavy atom. The van der Waals surface area contributed by atoms with Gasteiger partial charge in [-0.2, -0.15) is 0 Å². The van der Waals surface area contributed by atoms with Gasteiger partial charge in [0.1, 0.15) is 11.1 Å². The van der Waals surface area contributed by atoms with E-state index in [-0.39, 0.29) is 11.3 Å². The lowest BCUT2D eigenvalue weighted by molar-refractivity contribution is 0.0758. The molecule has 3 rings (SSSR count). The van der Waals surface area contributed by atoms with Crippen LogP contribution in [0.2, 0.25) is 0 Å². The van der Waals surface area contributed by atoms with Crippen LogP contribution in [0.4, 0.5) is 0 Å². The third kappa shape index (κ3) is 3.37. The minimum absolute atomic E-state index is 0.0345. The van der Waals surface area contributed by atoms with Gasteiger partial charge in [0, 0.05) is 40.2 Å². The van der Waals surface area contributed by atoms with E-state index >= 15 is 0 Å². The normalized spacial score (nSPS) is 17.0. The minimum Gasteiger partial charge on any atom is -0.496 e. The first-order valence-electron chi connectivity index (χ1n) is 7.40. The fourth-order valence-corrected chi connectivity index (χ4v) is 4.30. The third-order valence-electron chi connectivity index (χ3n) is 3.80. The van der Waals surface area contributed by atoms with Crippen LogP contribution in [0.5, 0.6) is 11.6 Å². The van der Waals surface area contributed by atoms with Crippen molar-refractivity contribution in [1.29, 1.82) is 0 Å². The number of carbonyl (C=O) groups is 1. The molecule has 5 nitrogen and oxygen atoms in total. The van der Waals surface area contributed by atoms with E-state index in [1.165, 1.54) is 7.11 Å². The van der Waals surface area contributed by atoms with Crippen molar-refractivity contribution >= 4 is 33.6 Å². The number of halogens is 1. The molecule has 0 N–H and O–H groups in total. The molecule has 1 aromatic heterocycles. The number of nitrogens with zero attached hydrogens (tertiary/aromatic N) is 2. The number of benzene rings is 1. The van der Waals surface area contributed by atoms with Crippen molar-refractivity contribution in [2.45, 2.75) is 5.37 Å². The standard InChI is InChI=1S/C17H17BrN2O3S/c1-22-14-4-3-12(18)10-13(14)17-20(7-8-24-17)16(21)11-5-6-19-15(9-11)23-2/h3-6,9-10,17H,7-8H2,1-2H3. The maximum absolute atomic E-state index is 13.0. The Kier molecular flexibility index (Phi) is 5.30. The van der Waals surface area contributed by atoms with Gasteiger partial charge in [-0.15, -0.1) is 11.8 Å². The van der Waals surface area contributed by atoms with Gasteiger partial charge in [0.25, 0.3) is 5.91 Å². The van der Waals surface area contributed by atoms with Crippen molar-refractivity contribution in [3.8, 4) is 11.6 Å². The smallest absolute Gasteiger partial charge is 0.255 e. The van der Waals surface area contributed by atoms with E-state index in [0.717, 1.165) is 21.5 Å². The first-order chi connectivity index (χ1) is 11.6. The number of hydrogen-bond acceptors (Lipinski definition) is 5. The first kappa shape index (κ1) is 17.1. The molecule has 0 spiro atoms. The number of rotatable bonds is 4. The Morgan fingerprint density at radius 2 is 2.12 bits per heavy atom. The van der Waals surface area contributed by atoms with Gasteiger partial charge in [-0.3, -0.25) is 4.79 Å². The summed E-state index contributed by atoms with van der Waals surface area (Å²) >= 11 is 5.23. The molecule has 2 heterocycles. The summed E-state index contributed by atoms with van der Waals surface area (Å²) in [6.07, 6.45) is 1.59. The van der Waals surface area contributed by atoms with Crippen LogP contribution in [-0.2, 0) is 0 Å². The molecule has 0 saturated carbocycles. The van der Waals surface area contributed by atoms with Crippen molar-refractivity contribution in [2.24, 2.45) is 0 Å². The molecular formula is C17H17BrN2O3S. The van der Waals surface area contributed by atoms with Crippen molar-refractivity contribution in [2.75, 3.05) is 26.5 Å². The second kappa shape index (κ2) is 7.44. The molecule has 1 atom stereocenters. The van der Waals surface area contributed by atoms with Crippen molar-refractivity contribution < 1.29 is 14.3 Å². The van der Waals surface area contributed by atoms with Crippen LogP contribution < -0.4 is 9.47 Å². The lowest BCUT2D eigenvalue weighted by atomic mass is 10.1. The minimum atomic E-state index is -0.0795. The number of aromatic nitrogens is 1. The quantitative estimate of drug-likeness (QED) is 0.770. The van der Waals surface area contributed by atoms with E-state index in [1.54, 1.807) is 37.2 Å². The molecule has 1 fully saturated rings. The summed E-state index contributed by atoms with van der Waals surface area (Å²) in [7, 11) is 3.18. The predicted molar refractivity (Wildman–Crippen MR) is 97.7 cm³/mol. The van der Waals surface area contributed by atoms with Crippen LogP contribution in [0, 0.1) is 0 Å². The van der Waals surface area contributed by atoms with E-state index in [9.17, 15) is 4.79 Å². The zero-order valence-corrected chi connectivity index (χ0v) is 15.8. The van der Waals surface area contributed by atoms with Gasteiger partial charge in [-0.25, -0.2) is 4.98 Å². The Morgan fingerprint density at radius 3 is 2.88 bits per heavy atom. The Labute approximate surface area is 153 Å². The van der Waals surface area contributed by atoms with Gasteiger partial charge < -0.3 is 14.4 Å². The van der Waals surface area contributed by atoms with Crippen molar-refractivity contribution in [1.82, 2.24) is 9.88 Å². The molecule has 7 heteroatoms. The van der Waals surface area contributed by atoms with E-state index in [4.69, 9.17) is 9.47 Å². The highest BCUT2D eigenvalue weighted by Gasteiger charge is 2.33. The second-order valence-electron chi connectivity index (χ2n) is 5.19. The van der Waals surface area contributed by atoms with Gasteiger partial charge >= 0.3 is 0 Å². The zero-order chi connectivity index (χ0) is 17.1. The second-order valence-corrected chi connectivity index (χ2v) is 7.30. The van der Waals surface area contributed by atoms with Gasteiger partial charge in [0.2, 0.25) is 5.88 Å². The molecule has 126 valence electrons. The molecule has 1 aromatic carbocycles. The maximum Gasteiger partial charge on any atom is 0.255 e. The largest absolute Gasteiger partial charge is 0.496 e. The van der Waals surface area contributed by atoms with Gasteiger partial charge in [-0.05, 0) is 24.3 Å². The summed E-state index contributed by atoms with van der Waals surface area (Å²) in [5.41, 5.74) is 1.56. The van der Waals surface area contributed by atoms with Crippen LogP contribution in [-0.4, -0.2) is 42.3 Å². The van der Waals surface area contributed by atoms with E-state index < -0.39 is 0 Å². The fourth-order valence-electron chi connectivity index (χ4n) is 2.65. The Balaban J connectivity index is 1.93. The number of pyridine rings is 1. The average molecular weight is 409 g/mol. The highest BCUT2D eigenvalue weighted by Crippen LogP contribution is 2.43. The molecule has 1 aliphatic heterocycles. The van der Waals surface area contributed by atoms with Crippen molar-refractivity contribution in [3.05, 3.63) is 52.1 Å². The monoisotopic (exact) mass is 408 g/mol. The molecule has 1 amide bonds. The summed E-state index contributed by atoms with van der Waals surface area (Å²) < 4.78 is 11.6. The SMILES string of the molecule is COc1cc(C(=O)N2CCSC2c2cc(Br)ccc2OC)ccn1. The number of thioether (sulfide) groups is 1. The first-order valence-corrected chi connectivity index (χ1v) is 9.24. The summed E-state index contributed by atoms with van der Waals surface area (Å²) in [6, 6.07) is 9.23.